The Kier molecular flexibility index (Phi) is 2.63. The van der Waals surface area contributed by atoms with Gasteiger partial charge >= 0.3 is 5.97 Å². The minimum absolute atomic E-state index is 0.223. The quantitative estimate of drug-likeness (QED) is 0.617. The standard InChI is InChI=1S/C10H15NO5/c1-5(12)14-6-4-11-9(13)8-7(6)15-10(2,3)16-8/h6-8H,4H2,1-3H3,(H,11,13)/t6-,7+,8+/m1/s1. The highest BCUT2D eigenvalue weighted by atomic mass is 16.8. The van der Waals surface area contributed by atoms with Crippen LogP contribution in [0.1, 0.15) is 20.8 Å². The molecule has 6 heteroatoms. The van der Waals surface area contributed by atoms with Crippen LogP contribution >= 0.6 is 0 Å². The number of amides is 1. The fourth-order valence-electron chi connectivity index (χ4n) is 2.00. The van der Waals surface area contributed by atoms with E-state index in [2.05, 4.69) is 5.32 Å². The van der Waals surface area contributed by atoms with Crippen LogP contribution in [0.5, 0.6) is 0 Å². The molecule has 0 bridgehead atoms. The van der Waals surface area contributed by atoms with Gasteiger partial charge in [-0.25, -0.2) is 0 Å². The van der Waals surface area contributed by atoms with E-state index < -0.39 is 30.1 Å². The van der Waals surface area contributed by atoms with Crippen LogP contribution in [0.2, 0.25) is 0 Å². The Morgan fingerprint density at radius 1 is 1.50 bits per heavy atom. The molecule has 0 aromatic heterocycles. The Balaban J connectivity index is 2.14. The molecule has 0 unspecified atom stereocenters. The average molecular weight is 229 g/mol. The van der Waals surface area contributed by atoms with Crippen LogP contribution in [0.15, 0.2) is 0 Å². The first-order chi connectivity index (χ1) is 7.39. The van der Waals surface area contributed by atoms with Crippen LogP contribution in [-0.2, 0) is 23.8 Å². The topological polar surface area (TPSA) is 73.9 Å². The summed E-state index contributed by atoms with van der Waals surface area (Å²) in [6.07, 6.45) is -1.71. The number of ether oxygens (including phenoxy) is 3. The minimum Gasteiger partial charge on any atom is -0.458 e. The number of nitrogens with one attached hydrogen (secondary N) is 1. The summed E-state index contributed by atoms with van der Waals surface area (Å²) in [4.78, 5) is 22.5. The first-order valence-corrected chi connectivity index (χ1v) is 5.19. The van der Waals surface area contributed by atoms with Crippen molar-refractivity contribution >= 4 is 11.9 Å². The molecule has 2 aliphatic heterocycles. The first kappa shape index (κ1) is 11.3. The predicted molar refractivity (Wildman–Crippen MR) is 52.4 cm³/mol. The summed E-state index contributed by atoms with van der Waals surface area (Å²) in [5, 5.41) is 2.63. The van der Waals surface area contributed by atoms with E-state index in [0.717, 1.165) is 0 Å². The maximum absolute atomic E-state index is 11.5. The van der Waals surface area contributed by atoms with Crippen molar-refractivity contribution in [3.8, 4) is 0 Å². The Labute approximate surface area is 93.2 Å². The number of fused-ring (bicyclic) bond motifs is 1. The number of rotatable bonds is 1. The van der Waals surface area contributed by atoms with Gasteiger partial charge < -0.3 is 19.5 Å². The van der Waals surface area contributed by atoms with E-state index in [1.807, 2.05) is 0 Å². The number of carbonyl (C=O) groups excluding carboxylic acids is 2. The zero-order chi connectivity index (χ0) is 11.9. The molecule has 0 saturated carbocycles. The predicted octanol–water partition coefficient (Wildman–Crippen LogP) is -0.432. The summed E-state index contributed by atoms with van der Waals surface area (Å²) in [5.41, 5.74) is 0. The molecule has 0 radical (unpaired) electrons. The molecule has 16 heavy (non-hydrogen) atoms. The second-order valence-corrected chi connectivity index (χ2v) is 4.41. The highest BCUT2D eigenvalue weighted by Gasteiger charge is 2.52. The van der Waals surface area contributed by atoms with Gasteiger partial charge in [0.05, 0.1) is 6.54 Å². The molecule has 2 aliphatic rings. The molecular formula is C10H15NO5. The Morgan fingerprint density at radius 3 is 2.81 bits per heavy atom. The van der Waals surface area contributed by atoms with Crippen molar-refractivity contribution in [2.24, 2.45) is 0 Å². The van der Waals surface area contributed by atoms with Crippen molar-refractivity contribution in [3.63, 3.8) is 0 Å². The molecule has 90 valence electrons. The van der Waals surface area contributed by atoms with Crippen LogP contribution in [0.3, 0.4) is 0 Å². The maximum Gasteiger partial charge on any atom is 0.303 e. The second kappa shape index (κ2) is 3.71. The largest absolute Gasteiger partial charge is 0.458 e. The van der Waals surface area contributed by atoms with E-state index in [9.17, 15) is 9.59 Å². The SMILES string of the molecule is CC(=O)O[C@@H]1CNC(=O)[C@H]2OC(C)(C)O[C@H]21. The Morgan fingerprint density at radius 2 is 2.19 bits per heavy atom. The van der Waals surface area contributed by atoms with Crippen LogP contribution in [-0.4, -0.2) is 42.5 Å². The van der Waals surface area contributed by atoms with Gasteiger partial charge in [0.1, 0.15) is 12.2 Å². The van der Waals surface area contributed by atoms with E-state index in [1.54, 1.807) is 13.8 Å². The lowest BCUT2D eigenvalue weighted by Gasteiger charge is -2.30. The van der Waals surface area contributed by atoms with Crippen molar-refractivity contribution in [1.82, 2.24) is 5.32 Å². The summed E-state index contributed by atoms with van der Waals surface area (Å²) >= 11 is 0. The van der Waals surface area contributed by atoms with Gasteiger partial charge in [-0.2, -0.15) is 0 Å². The maximum atomic E-state index is 11.5. The number of piperidine rings is 1. The smallest absolute Gasteiger partial charge is 0.303 e. The molecule has 0 aromatic carbocycles. The molecule has 0 aromatic rings. The Bertz CT molecular complexity index is 327. The molecule has 3 atom stereocenters. The number of esters is 1. The summed E-state index contributed by atoms with van der Waals surface area (Å²) in [6, 6.07) is 0. The van der Waals surface area contributed by atoms with Crippen LogP contribution in [0, 0.1) is 0 Å². The zero-order valence-electron chi connectivity index (χ0n) is 9.48. The third-order valence-electron chi connectivity index (χ3n) is 2.55. The molecule has 1 amide bonds. The van der Waals surface area contributed by atoms with Gasteiger partial charge in [0.2, 0.25) is 0 Å². The van der Waals surface area contributed by atoms with Gasteiger partial charge in [-0.1, -0.05) is 0 Å². The second-order valence-electron chi connectivity index (χ2n) is 4.41. The average Bonchev–Trinajstić information content (AvgIpc) is 2.47. The molecule has 6 nitrogen and oxygen atoms in total. The van der Waals surface area contributed by atoms with Crippen molar-refractivity contribution in [2.75, 3.05) is 6.54 Å². The van der Waals surface area contributed by atoms with E-state index in [-0.39, 0.29) is 12.5 Å². The van der Waals surface area contributed by atoms with Gasteiger partial charge in [0, 0.05) is 6.92 Å². The fraction of sp³-hybridized carbons (Fsp3) is 0.800. The lowest BCUT2D eigenvalue weighted by molar-refractivity contribution is -0.168. The lowest BCUT2D eigenvalue weighted by Crippen LogP contribution is -2.57. The van der Waals surface area contributed by atoms with Crippen molar-refractivity contribution in [3.05, 3.63) is 0 Å². The summed E-state index contributed by atoms with van der Waals surface area (Å²) in [7, 11) is 0. The third-order valence-corrected chi connectivity index (χ3v) is 2.55. The first-order valence-electron chi connectivity index (χ1n) is 5.19. The van der Waals surface area contributed by atoms with Gasteiger partial charge in [-0.15, -0.1) is 0 Å². The van der Waals surface area contributed by atoms with Crippen LogP contribution in [0.4, 0.5) is 0 Å². The van der Waals surface area contributed by atoms with E-state index in [4.69, 9.17) is 14.2 Å². The highest BCUT2D eigenvalue weighted by molar-refractivity contribution is 5.83. The number of hydrogen-bond donors (Lipinski definition) is 1. The Hall–Kier alpha value is -1.14. The van der Waals surface area contributed by atoms with Crippen LogP contribution < -0.4 is 5.32 Å². The van der Waals surface area contributed by atoms with Gasteiger partial charge in [-0.05, 0) is 13.8 Å². The number of carbonyl (C=O) groups is 2. The van der Waals surface area contributed by atoms with Crippen LogP contribution in [0.25, 0.3) is 0 Å². The summed E-state index contributed by atoms with van der Waals surface area (Å²) in [5.74, 6) is -1.44. The minimum atomic E-state index is -0.824. The van der Waals surface area contributed by atoms with E-state index in [0.29, 0.717) is 0 Å². The van der Waals surface area contributed by atoms with Gasteiger partial charge in [0.25, 0.3) is 5.91 Å². The molecule has 0 aliphatic carbocycles. The lowest BCUT2D eigenvalue weighted by atomic mass is 10.0. The van der Waals surface area contributed by atoms with Gasteiger partial charge in [-0.3, -0.25) is 9.59 Å². The van der Waals surface area contributed by atoms with Gasteiger partial charge in [0.15, 0.2) is 11.9 Å². The van der Waals surface area contributed by atoms with E-state index >= 15 is 0 Å². The molecule has 1 N–H and O–H groups in total. The van der Waals surface area contributed by atoms with Crippen molar-refractivity contribution in [2.45, 2.75) is 44.9 Å². The summed E-state index contributed by atoms with van der Waals surface area (Å²) in [6.45, 7) is 5.04. The highest BCUT2D eigenvalue weighted by Crippen LogP contribution is 2.32. The molecule has 2 fully saturated rings. The molecular weight excluding hydrogens is 214 g/mol. The van der Waals surface area contributed by atoms with E-state index in [1.165, 1.54) is 6.92 Å². The third kappa shape index (κ3) is 2.03. The van der Waals surface area contributed by atoms with Crippen molar-refractivity contribution in [1.29, 1.82) is 0 Å². The normalized spacial score (nSPS) is 36.4. The zero-order valence-corrected chi connectivity index (χ0v) is 9.48. The molecule has 0 spiro atoms. The fourth-order valence-corrected chi connectivity index (χ4v) is 2.00. The molecule has 2 heterocycles. The molecule has 2 saturated heterocycles. The number of hydrogen-bond acceptors (Lipinski definition) is 5. The summed E-state index contributed by atoms with van der Waals surface area (Å²) < 4.78 is 16.1. The monoisotopic (exact) mass is 229 g/mol. The van der Waals surface area contributed by atoms with Crippen molar-refractivity contribution < 1.29 is 23.8 Å². The molecule has 2 rings (SSSR count).